The van der Waals surface area contributed by atoms with Gasteiger partial charge in [-0.2, -0.15) is 13.2 Å². The Morgan fingerprint density at radius 1 is 1.18 bits per heavy atom. The van der Waals surface area contributed by atoms with Gasteiger partial charge in [0.05, 0.1) is 11.5 Å². The molecule has 1 aliphatic carbocycles. The number of rotatable bonds is 1. The van der Waals surface area contributed by atoms with Crippen molar-refractivity contribution in [2.75, 3.05) is 13.1 Å². The second-order valence-corrected chi connectivity index (χ2v) is 5.62. The van der Waals surface area contributed by atoms with Crippen molar-refractivity contribution < 1.29 is 18.3 Å². The van der Waals surface area contributed by atoms with Crippen molar-refractivity contribution in [2.24, 2.45) is 5.92 Å². The van der Waals surface area contributed by atoms with E-state index in [4.69, 9.17) is 0 Å². The van der Waals surface area contributed by atoms with Crippen molar-refractivity contribution in [3.8, 4) is 0 Å². The summed E-state index contributed by atoms with van der Waals surface area (Å²) in [5.41, 5.74) is -0.717. The number of likely N-dealkylation sites (tertiary alicyclic amines) is 1. The van der Waals surface area contributed by atoms with Gasteiger partial charge in [0.1, 0.15) is 0 Å². The van der Waals surface area contributed by atoms with Crippen LogP contribution in [0.25, 0.3) is 0 Å². The lowest BCUT2D eigenvalue weighted by molar-refractivity contribution is -0.187. The molecule has 5 heteroatoms. The van der Waals surface area contributed by atoms with Gasteiger partial charge in [-0.15, -0.1) is 0 Å². The third-order valence-corrected chi connectivity index (χ3v) is 4.31. The molecule has 2 unspecified atom stereocenters. The molecular formula is C12H20F3NO. The Labute approximate surface area is 99.8 Å². The quantitative estimate of drug-likeness (QED) is 0.774. The molecule has 1 saturated carbocycles. The molecular weight excluding hydrogens is 231 g/mol. The van der Waals surface area contributed by atoms with Crippen LogP contribution in [0.2, 0.25) is 0 Å². The first-order chi connectivity index (χ1) is 7.81. The van der Waals surface area contributed by atoms with Crippen molar-refractivity contribution in [3.05, 3.63) is 0 Å². The molecule has 0 bridgehead atoms. The highest BCUT2D eigenvalue weighted by molar-refractivity contribution is 4.96. The van der Waals surface area contributed by atoms with Crippen LogP contribution < -0.4 is 0 Å². The van der Waals surface area contributed by atoms with Crippen molar-refractivity contribution >= 4 is 0 Å². The fraction of sp³-hybridized carbons (Fsp3) is 1.00. The van der Waals surface area contributed by atoms with Gasteiger partial charge in [-0.3, -0.25) is 4.90 Å². The van der Waals surface area contributed by atoms with E-state index >= 15 is 0 Å². The van der Waals surface area contributed by atoms with Crippen LogP contribution in [0.3, 0.4) is 0 Å². The van der Waals surface area contributed by atoms with Crippen LogP contribution in [0.4, 0.5) is 13.2 Å². The van der Waals surface area contributed by atoms with E-state index in [1.807, 2.05) is 0 Å². The zero-order chi connectivity index (χ0) is 12.7. The largest absolute Gasteiger partial charge is 0.391 e. The van der Waals surface area contributed by atoms with Gasteiger partial charge in [0.2, 0.25) is 0 Å². The zero-order valence-corrected chi connectivity index (χ0v) is 10.1. The van der Waals surface area contributed by atoms with Gasteiger partial charge in [0.15, 0.2) is 0 Å². The SMILES string of the molecule is CC1(O)CCCC1N1CCC(C(F)(F)F)CC1. The number of hydrogen-bond acceptors (Lipinski definition) is 2. The summed E-state index contributed by atoms with van der Waals surface area (Å²) in [4.78, 5) is 2.05. The third kappa shape index (κ3) is 2.76. The highest BCUT2D eigenvalue weighted by atomic mass is 19.4. The van der Waals surface area contributed by atoms with Crippen molar-refractivity contribution in [1.29, 1.82) is 0 Å². The van der Waals surface area contributed by atoms with Gasteiger partial charge >= 0.3 is 6.18 Å². The average Bonchev–Trinajstić information content (AvgIpc) is 2.57. The molecule has 17 heavy (non-hydrogen) atoms. The van der Waals surface area contributed by atoms with E-state index in [-0.39, 0.29) is 18.9 Å². The second-order valence-electron chi connectivity index (χ2n) is 5.62. The van der Waals surface area contributed by atoms with Crippen LogP contribution in [0, 0.1) is 5.92 Å². The van der Waals surface area contributed by atoms with E-state index in [9.17, 15) is 18.3 Å². The third-order valence-electron chi connectivity index (χ3n) is 4.31. The van der Waals surface area contributed by atoms with Gasteiger partial charge in [0, 0.05) is 6.04 Å². The van der Waals surface area contributed by atoms with Gasteiger partial charge < -0.3 is 5.11 Å². The normalized spacial score (nSPS) is 37.6. The minimum atomic E-state index is -4.05. The number of aliphatic hydroxyl groups is 1. The minimum Gasteiger partial charge on any atom is -0.389 e. The van der Waals surface area contributed by atoms with Crippen LogP contribution in [-0.4, -0.2) is 40.9 Å². The number of nitrogens with zero attached hydrogens (tertiary/aromatic N) is 1. The first-order valence-electron chi connectivity index (χ1n) is 6.34. The first kappa shape index (κ1) is 13.1. The predicted octanol–water partition coefficient (Wildman–Crippen LogP) is 2.56. The molecule has 2 fully saturated rings. The molecule has 1 heterocycles. The van der Waals surface area contributed by atoms with E-state index in [1.54, 1.807) is 6.92 Å². The van der Waals surface area contributed by atoms with Crippen LogP contribution >= 0.6 is 0 Å². The fourth-order valence-corrected chi connectivity index (χ4v) is 3.25. The molecule has 2 atom stereocenters. The lowest BCUT2D eigenvalue weighted by Crippen LogP contribution is -2.51. The van der Waals surface area contributed by atoms with E-state index in [2.05, 4.69) is 4.90 Å². The lowest BCUT2D eigenvalue weighted by Gasteiger charge is -2.41. The van der Waals surface area contributed by atoms with E-state index < -0.39 is 17.7 Å². The summed E-state index contributed by atoms with van der Waals surface area (Å²) in [6.07, 6.45) is -1.06. The summed E-state index contributed by atoms with van der Waals surface area (Å²) in [6, 6.07) is 0.0525. The fourth-order valence-electron chi connectivity index (χ4n) is 3.25. The monoisotopic (exact) mass is 251 g/mol. The first-order valence-corrected chi connectivity index (χ1v) is 6.34. The zero-order valence-electron chi connectivity index (χ0n) is 10.1. The maximum Gasteiger partial charge on any atom is 0.391 e. The molecule has 0 radical (unpaired) electrons. The predicted molar refractivity (Wildman–Crippen MR) is 58.6 cm³/mol. The van der Waals surface area contributed by atoms with E-state index in [1.165, 1.54) is 0 Å². The molecule has 2 rings (SSSR count). The van der Waals surface area contributed by atoms with Gasteiger partial charge in [-0.05, 0) is 52.1 Å². The number of alkyl halides is 3. The highest BCUT2D eigenvalue weighted by Gasteiger charge is 2.45. The summed E-state index contributed by atoms with van der Waals surface area (Å²) in [7, 11) is 0. The van der Waals surface area contributed by atoms with Crippen molar-refractivity contribution in [1.82, 2.24) is 4.90 Å². The van der Waals surface area contributed by atoms with Crippen LogP contribution in [-0.2, 0) is 0 Å². The van der Waals surface area contributed by atoms with Gasteiger partial charge in [-0.1, -0.05) is 0 Å². The molecule has 0 amide bonds. The Bertz CT molecular complexity index is 269. The number of halogens is 3. The molecule has 0 aromatic rings. The van der Waals surface area contributed by atoms with Gasteiger partial charge in [0.25, 0.3) is 0 Å². The number of piperidine rings is 1. The van der Waals surface area contributed by atoms with Crippen LogP contribution in [0.1, 0.15) is 39.0 Å². The molecule has 100 valence electrons. The van der Waals surface area contributed by atoms with Gasteiger partial charge in [-0.25, -0.2) is 0 Å². The Balaban J connectivity index is 1.91. The molecule has 0 aromatic heterocycles. The summed E-state index contributed by atoms with van der Waals surface area (Å²) in [5.74, 6) is -1.15. The Hall–Kier alpha value is -0.290. The second kappa shape index (κ2) is 4.43. The molecule has 2 aliphatic rings. The summed E-state index contributed by atoms with van der Waals surface area (Å²) < 4.78 is 37.6. The Kier molecular flexibility index (Phi) is 3.42. The topological polar surface area (TPSA) is 23.5 Å². The Morgan fingerprint density at radius 3 is 2.18 bits per heavy atom. The molecule has 1 N–H and O–H groups in total. The average molecular weight is 251 g/mol. The maximum atomic E-state index is 12.5. The smallest absolute Gasteiger partial charge is 0.389 e. The number of hydrogen-bond donors (Lipinski definition) is 1. The summed E-state index contributed by atoms with van der Waals surface area (Å²) in [5, 5.41) is 10.2. The van der Waals surface area contributed by atoms with E-state index in [0.717, 1.165) is 19.3 Å². The molecule has 1 aliphatic heterocycles. The highest BCUT2D eigenvalue weighted by Crippen LogP contribution is 2.39. The molecule has 2 nitrogen and oxygen atoms in total. The van der Waals surface area contributed by atoms with Crippen molar-refractivity contribution in [2.45, 2.75) is 56.8 Å². The Morgan fingerprint density at radius 2 is 1.76 bits per heavy atom. The summed E-state index contributed by atoms with van der Waals surface area (Å²) in [6.45, 7) is 2.73. The standard InChI is InChI=1S/C12H20F3NO/c1-11(17)6-2-3-10(11)16-7-4-9(5-8-16)12(13,14)15/h9-10,17H,2-8H2,1H3. The van der Waals surface area contributed by atoms with Crippen LogP contribution in [0.5, 0.6) is 0 Å². The molecule has 0 aromatic carbocycles. The summed E-state index contributed by atoms with van der Waals surface area (Å²) >= 11 is 0. The van der Waals surface area contributed by atoms with Crippen molar-refractivity contribution in [3.63, 3.8) is 0 Å². The van der Waals surface area contributed by atoms with Crippen LogP contribution in [0.15, 0.2) is 0 Å². The lowest BCUT2D eigenvalue weighted by atomic mass is 9.92. The minimum absolute atomic E-state index is 0.0525. The van der Waals surface area contributed by atoms with E-state index in [0.29, 0.717) is 13.1 Å². The molecule has 1 saturated heterocycles. The maximum absolute atomic E-state index is 12.5. The molecule has 0 spiro atoms.